The van der Waals surface area contributed by atoms with Crippen LogP contribution in [0.5, 0.6) is 5.75 Å². The summed E-state index contributed by atoms with van der Waals surface area (Å²) in [7, 11) is 0. The molecule has 6 nitrogen and oxygen atoms in total. The number of aliphatic hydroxyl groups is 1. The largest absolute Gasteiger partial charge is 0.492 e. The highest BCUT2D eigenvalue weighted by Gasteiger charge is 2.20. The van der Waals surface area contributed by atoms with Gasteiger partial charge in [0.25, 0.3) is 0 Å². The van der Waals surface area contributed by atoms with Crippen LogP contribution in [0, 0.1) is 5.92 Å². The minimum Gasteiger partial charge on any atom is -0.492 e. The van der Waals surface area contributed by atoms with Crippen LogP contribution in [0.25, 0.3) is 11.0 Å². The number of hydrogen-bond acceptors (Lipinski definition) is 5. The molecular weight excluding hydrogens is 454 g/mol. The zero-order valence-corrected chi connectivity index (χ0v) is 19.9. The van der Waals surface area contributed by atoms with Crippen molar-refractivity contribution in [1.82, 2.24) is 4.90 Å². The monoisotopic (exact) mass is 483 g/mol. The minimum atomic E-state index is -0.220. The SMILES string of the molecule is O=C(Cc1ccc(Cl)cc1)N(CCO)Cc1coc2cccc(OCC3CCCCC3)c2c1=O. The molecule has 1 N–H and O–H groups in total. The summed E-state index contributed by atoms with van der Waals surface area (Å²) in [5, 5.41) is 10.5. The number of aliphatic hydroxyl groups excluding tert-OH is 1. The van der Waals surface area contributed by atoms with Crippen molar-refractivity contribution >= 4 is 28.5 Å². The molecule has 34 heavy (non-hydrogen) atoms. The van der Waals surface area contributed by atoms with E-state index in [0.29, 0.717) is 39.8 Å². The number of halogens is 1. The molecule has 1 aliphatic rings. The zero-order valence-electron chi connectivity index (χ0n) is 19.2. The topological polar surface area (TPSA) is 80.0 Å². The first-order valence-electron chi connectivity index (χ1n) is 11.8. The molecule has 180 valence electrons. The van der Waals surface area contributed by atoms with Gasteiger partial charge >= 0.3 is 0 Å². The van der Waals surface area contributed by atoms with Crippen LogP contribution in [0.3, 0.4) is 0 Å². The summed E-state index contributed by atoms with van der Waals surface area (Å²) in [6.07, 6.45) is 7.56. The quantitative estimate of drug-likeness (QED) is 0.465. The fourth-order valence-corrected chi connectivity index (χ4v) is 4.61. The van der Waals surface area contributed by atoms with Gasteiger partial charge in [0.2, 0.25) is 11.3 Å². The van der Waals surface area contributed by atoms with Gasteiger partial charge in [0.15, 0.2) is 0 Å². The fraction of sp³-hybridized carbons (Fsp3) is 0.407. The van der Waals surface area contributed by atoms with E-state index in [2.05, 4.69) is 0 Å². The molecule has 0 radical (unpaired) electrons. The van der Waals surface area contributed by atoms with Gasteiger partial charge in [0.1, 0.15) is 16.7 Å². The first-order valence-corrected chi connectivity index (χ1v) is 12.2. The van der Waals surface area contributed by atoms with E-state index in [9.17, 15) is 14.7 Å². The third kappa shape index (κ3) is 5.99. The average molecular weight is 484 g/mol. The molecule has 1 heterocycles. The van der Waals surface area contributed by atoms with Gasteiger partial charge in [-0.1, -0.05) is 49.1 Å². The Labute approximate surface area is 204 Å². The van der Waals surface area contributed by atoms with E-state index < -0.39 is 0 Å². The lowest BCUT2D eigenvalue weighted by Gasteiger charge is -2.22. The second kappa shape index (κ2) is 11.5. The molecule has 4 rings (SSSR count). The highest BCUT2D eigenvalue weighted by atomic mass is 35.5. The standard InChI is InChI=1S/C27H30ClNO5/c28-22-11-9-19(10-12-22)15-25(31)29(13-14-30)16-21-18-34-24-8-4-7-23(26(24)27(21)32)33-17-20-5-2-1-3-6-20/h4,7-12,18,20,30H,1-3,5-6,13-17H2. The molecule has 0 unspecified atom stereocenters. The van der Waals surface area contributed by atoms with E-state index in [1.54, 1.807) is 36.4 Å². The third-order valence-electron chi connectivity index (χ3n) is 6.39. The molecule has 0 atom stereocenters. The molecule has 1 fully saturated rings. The maximum atomic E-state index is 13.4. The highest BCUT2D eigenvalue weighted by molar-refractivity contribution is 6.30. The van der Waals surface area contributed by atoms with E-state index in [-0.39, 0.29) is 37.5 Å². The molecule has 7 heteroatoms. The molecular formula is C27H30ClNO5. The van der Waals surface area contributed by atoms with Gasteiger partial charge in [0, 0.05) is 11.6 Å². The fourth-order valence-electron chi connectivity index (χ4n) is 4.48. The molecule has 3 aromatic rings. The van der Waals surface area contributed by atoms with Gasteiger partial charge in [-0.05, 0) is 48.6 Å². The number of carbonyl (C=O) groups is 1. The first-order chi connectivity index (χ1) is 16.5. The van der Waals surface area contributed by atoms with Crippen molar-refractivity contribution in [3.8, 4) is 5.75 Å². The third-order valence-corrected chi connectivity index (χ3v) is 6.64. The van der Waals surface area contributed by atoms with E-state index in [4.69, 9.17) is 20.8 Å². The lowest BCUT2D eigenvalue weighted by molar-refractivity contribution is -0.131. The molecule has 1 aliphatic carbocycles. The van der Waals surface area contributed by atoms with Gasteiger partial charge in [-0.3, -0.25) is 9.59 Å². The lowest BCUT2D eigenvalue weighted by Crippen LogP contribution is -2.35. The second-order valence-corrected chi connectivity index (χ2v) is 9.31. The van der Waals surface area contributed by atoms with Crippen molar-refractivity contribution in [1.29, 1.82) is 0 Å². The predicted octanol–water partition coefficient (Wildman–Crippen LogP) is 4.97. The van der Waals surface area contributed by atoms with Gasteiger partial charge in [0.05, 0.1) is 38.0 Å². The van der Waals surface area contributed by atoms with Crippen LogP contribution in [-0.4, -0.2) is 35.7 Å². The maximum absolute atomic E-state index is 13.4. The second-order valence-electron chi connectivity index (χ2n) is 8.88. The Morgan fingerprint density at radius 3 is 2.62 bits per heavy atom. The number of hydrogen-bond donors (Lipinski definition) is 1. The van der Waals surface area contributed by atoms with E-state index in [1.165, 1.54) is 30.4 Å². The Morgan fingerprint density at radius 2 is 1.88 bits per heavy atom. The minimum absolute atomic E-state index is 0.0439. The van der Waals surface area contributed by atoms with Crippen LogP contribution < -0.4 is 10.2 Å². The molecule has 1 saturated carbocycles. The van der Waals surface area contributed by atoms with Gasteiger partial charge in [-0.2, -0.15) is 0 Å². The zero-order chi connectivity index (χ0) is 23.9. The van der Waals surface area contributed by atoms with Crippen molar-refractivity contribution in [3.63, 3.8) is 0 Å². The Balaban J connectivity index is 1.54. The molecule has 0 spiro atoms. The van der Waals surface area contributed by atoms with Crippen LogP contribution in [0.15, 0.2) is 57.9 Å². The molecule has 0 bridgehead atoms. The first kappa shape index (κ1) is 24.3. The van der Waals surface area contributed by atoms with Crippen LogP contribution >= 0.6 is 11.6 Å². The van der Waals surface area contributed by atoms with Gasteiger partial charge in [-0.25, -0.2) is 0 Å². The number of benzene rings is 2. The summed E-state index contributed by atoms with van der Waals surface area (Å²) >= 11 is 5.93. The summed E-state index contributed by atoms with van der Waals surface area (Å²) in [5.74, 6) is 0.822. The average Bonchev–Trinajstić information content (AvgIpc) is 2.86. The highest BCUT2D eigenvalue weighted by Crippen LogP contribution is 2.27. The smallest absolute Gasteiger partial charge is 0.227 e. The number of nitrogens with zero attached hydrogens (tertiary/aromatic N) is 1. The number of carbonyl (C=O) groups excluding carboxylic acids is 1. The Morgan fingerprint density at radius 1 is 1.12 bits per heavy atom. The Hall–Kier alpha value is -2.83. The molecule has 1 aromatic heterocycles. The molecule has 2 aromatic carbocycles. The van der Waals surface area contributed by atoms with Crippen molar-refractivity contribution in [3.05, 3.63) is 75.1 Å². The molecule has 0 aliphatic heterocycles. The summed E-state index contributed by atoms with van der Waals surface area (Å²) in [6, 6.07) is 12.4. The van der Waals surface area contributed by atoms with E-state index >= 15 is 0 Å². The number of ether oxygens (including phenoxy) is 1. The summed E-state index contributed by atoms with van der Waals surface area (Å²) in [5.41, 5.74) is 1.39. The summed E-state index contributed by atoms with van der Waals surface area (Å²) in [6.45, 7) is 0.534. The Kier molecular flexibility index (Phi) is 8.25. The number of rotatable bonds is 9. The van der Waals surface area contributed by atoms with Crippen molar-refractivity contribution in [2.75, 3.05) is 19.8 Å². The van der Waals surface area contributed by atoms with Crippen LogP contribution in [0.2, 0.25) is 5.02 Å². The van der Waals surface area contributed by atoms with Crippen LogP contribution in [0.1, 0.15) is 43.2 Å². The lowest BCUT2D eigenvalue weighted by atomic mass is 9.90. The Bertz CT molecular complexity index is 1170. The predicted molar refractivity (Wildman–Crippen MR) is 132 cm³/mol. The normalized spacial score (nSPS) is 14.3. The number of fused-ring (bicyclic) bond motifs is 1. The number of amides is 1. The van der Waals surface area contributed by atoms with Crippen molar-refractivity contribution in [2.45, 2.75) is 45.1 Å². The van der Waals surface area contributed by atoms with E-state index in [1.807, 2.05) is 6.07 Å². The van der Waals surface area contributed by atoms with Crippen molar-refractivity contribution in [2.24, 2.45) is 5.92 Å². The van der Waals surface area contributed by atoms with Crippen LogP contribution in [-0.2, 0) is 17.8 Å². The summed E-state index contributed by atoms with van der Waals surface area (Å²) < 4.78 is 11.8. The molecule has 1 amide bonds. The van der Waals surface area contributed by atoms with Gasteiger partial charge in [-0.15, -0.1) is 0 Å². The van der Waals surface area contributed by atoms with Gasteiger partial charge < -0.3 is 19.2 Å². The maximum Gasteiger partial charge on any atom is 0.227 e. The van der Waals surface area contributed by atoms with E-state index in [0.717, 1.165) is 18.4 Å². The van der Waals surface area contributed by atoms with Crippen LogP contribution in [0.4, 0.5) is 0 Å². The van der Waals surface area contributed by atoms with Crippen molar-refractivity contribution < 1.29 is 19.1 Å². The summed E-state index contributed by atoms with van der Waals surface area (Å²) in [4.78, 5) is 27.8. The molecule has 0 saturated heterocycles.